The van der Waals surface area contributed by atoms with Crippen molar-refractivity contribution in [2.75, 3.05) is 0 Å². The zero-order valence-corrected chi connectivity index (χ0v) is 9.04. The van der Waals surface area contributed by atoms with E-state index in [-0.39, 0.29) is 11.9 Å². The van der Waals surface area contributed by atoms with Gasteiger partial charge in [-0.3, -0.25) is 0 Å². The molecule has 0 radical (unpaired) electrons. The van der Waals surface area contributed by atoms with Crippen molar-refractivity contribution in [3.8, 4) is 0 Å². The van der Waals surface area contributed by atoms with Crippen LogP contribution in [0.25, 0.3) is 0 Å². The zero-order valence-electron chi connectivity index (χ0n) is 9.04. The molecule has 1 nitrogen and oxygen atoms in total. The van der Waals surface area contributed by atoms with Gasteiger partial charge in [0, 0.05) is 0 Å². The van der Waals surface area contributed by atoms with Crippen molar-refractivity contribution in [2.45, 2.75) is 38.7 Å². The highest BCUT2D eigenvalue weighted by Gasteiger charge is 2.25. The summed E-state index contributed by atoms with van der Waals surface area (Å²) in [6.07, 6.45) is 3.94. The lowest BCUT2D eigenvalue weighted by Gasteiger charge is -2.30. The first-order valence-electron chi connectivity index (χ1n) is 5.60. The molecule has 1 aliphatic rings. The van der Waals surface area contributed by atoms with Crippen LogP contribution in [0.3, 0.4) is 0 Å². The number of halogens is 1. The van der Waals surface area contributed by atoms with Gasteiger partial charge in [0.1, 0.15) is 5.82 Å². The summed E-state index contributed by atoms with van der Waals surface area (Å²) in [6.45, 7) is 1.89. The number of aryl methyl sites for hydroxylation is 1. The third kappa shape index (κ3) is 2.37. The first-order valence-corrected chi connectivity index (χ1v) is 5.60. The molecular weight excluding hydrogens is 191 g/mol. The van der Waals surface area contributed by atoms with E-state index in [1.54, 1.807) is 6.07 Å². The number of aliphatic hydroxyl groups excluding tert-OH is 1. The van der Waals surface area contributed by atoms with Crippen LogP contribution in [0.1, 0.15) is 30.4 Å². The molecule has 0 bridgehead atoms. The molecular formula is C13H17FO. The molecule has 2 rings (SSSR count). The minimum atomic E-state index is -0.247. The molecule has 1 fully saturated rings. The van der Waals surface area contributed by atoms with Gasteiger partial charge in [0.15, 0.2) is 0 Å². The Morgan fingerprint density at radius 2 is 2.20 bits per heavy atom. The van der Waals surface area contributed by atoms with E-state index in [1.165, 1.54) is 18.6 Å². The highest BCUT2D eigenvalue weighted by Crippen LogP contribution is 2.31. The molecule has 0 aromatic heterocycles. The smallest absolute Gasteiger partial charge is 0.123 e. The molecule has 2 heteroatoms. The fraction of sp³-hybridized carbons (Fsp3) is 0.538. The van der Waals surface area contributed by atoms with E-state index in [9.17, 15) is 9.50 Å². The Kier molecular flexibility index (Phi) is 3.06. The second kappa shape index (κ2) is 4.31. The van der Waals surface area contributed by atoms with Gasteiger partial charge in [-0.15, -0.1) is 0 Å². The van der Waals surface area contributed by atoms with Crippen molar-refractivity contribution in [1.29, 1.82) is 0 Å². The van der Waals surface area contributed by atoms with Crippen LogP contribution in [0, 0.1) is 18.7 Å². The second-order valence-electron chi connectivity index (χ2n) is 4.53. The molecule has 1 atom stereocenters. The Bertz CT molecular complexity index is 344. The largest absolute Gasteiger partial charge is 0.392 e. The van der Waals surface area contributed by atoms with Gasteiger partial charge in [-0.1, -0.05) is 12.5 Å². The standard InChI is InChI=1S/C13H17FO/c1-9-7-12(14)6-5-11(9)8-13(15)10-3-2-4-10/h5-7,10,13,15H,2-4,8H2,1H3. The summed E-state index contributed by atoms with van der Waals surface area (Å²) in [5.74, 6) is 0.267. The predicted octanol–water partition coefficient (Wildman–Crippen LogP) is 2.84. The highest BCUT2D eigenvalue weighted by molar-refractivity contribution is 5.27. The third-order valence-electron chi connectivity index (χ3n) is 3.43. The van der Waals surface area contributed by atoms with Gasteiger partial charge in [-0.2, -0.15) is 0 Å². The van der Waals surface area contributed by atoms with Crippen LogP contribution in [0.2, 0.25) is 0 Å². The fourth-order valence-corrected chi connectivity index (χ4v) is 2.10. The summed E-state index contributed by atoms with van der Waals surface area (Å²) < 4.78 is 12.9. The van der Waals surface area contributed by atoms with Gasteiger partial charge in [-0.05, 0) is 55.4 Å². The van der Waals surface area contributed by atoms with Crippen LogP contribution < -0.4 is 0 Å². The predicted molar refractivity (Wildman–Crippen MR) is 58.2 cm³/mol. The van der Waals surface area contributed by atoms with Crippen molar-refractivity contribution >= 4 is 0 Å². The van der Waals surface area contributed by atoms with Crippen LogP contribution in [-0.4, -0.2) is 11.2 Å². The molecule has 0 amide bonds. The Labute approximate surface area is 89.9 Å². The van der Waals surface area contributed by atoms with Gasteiger partial charge < -0.3 is 5.11 Å². The first-order chi connectivity index (χ1) is 7.16. The van der Waals surface area contributed by atoms with Crippen molar-refractivity contribution in [3.05, 3.63) is 35.1 Å². The molecule has 15 heavy (non-hydrogen) atoms. The van der Waals surface area contributed by atoms with E-state index in [1.807, 2.05) is 6.92 Å². The van der Waals surface area contributed by atoms with E-state index in [0.29, 0.717) is 12.3 Å². The summed E-state index contributed by atoms with van der Waals surface area (Å²) in [5.41, 5.74) is 2.00. The average Bonchev–Trinajstić information content (AvgIpc) is 2.07. The summed E-state index contributed by atoms with van der Waals surface area (Å²) >= 11 is 0. The number of hydrogen-bond acceptors (Lipinski definition) is 1. The van der Waals surface area contributed by atoms with Gasteiger partial charge in [0.25, 0.3) is 0 Å². The summed E-state index contributed by atoms with van der Waals surface area (Å²) in [7, 11) is 0. The lowest BCUT2D eigenvalue weighted by molar-refractivity contribution is 0.0629. The van der Waals surface area contributed by atoms with E-state index < -0.39 is 0 Å². The highest BCUT2D eigenvalue weighted by atomic mass is 19.1. The Morgan fingerprint density at radius 1 is 1.47 bits per heavy atom. The molecule has 0 spiro atoms. The number of benzene rings is 1. The van der Waals surface area contributed by atoms with Crippen LogP contribution in [0.5, 0.6) is 0 Å². The quantitative estimate of drug-likeness (QED) is 0.809. The molecule has 1 aliphatic carbocycles. The maximum Gasteiger partial charge on any atom is 0.123 e. The maximum atomic E-state index is 12.9. The Hall–Kier alpha value is -0.890. The van der Waals surface area contributed by atoms with E-state index in [0.717, 1.165) is 24.0 Å². The summed E-state index contributed by atoms with van der Waals surface area (Å²) in [4.78, 5) is 0. The van der Waals surface area contributed by atoms with Crippen molar-refractivity contribution in [3.63, 3.8) is 0 Å². The SMILES string of the molecule is Cc1cc(F)ccc1CC(O)C1CCC1. The van der Waals surface area contributed by atoms with Gasteiger partial charge in [-0.25, -0.2) is 4.39 Å². The molecule has 1 N–H and O–H groups in total. The Morgan fingerprint density at radius 3 is 2.73 bits per heavy atom. The van der Waals surface area contributed by atoms with Crippen molar-refractivity contribution < 1.29 is 9.50 Å². The molecule has 1 unspecified atom stereocenters. The lowest BCUT2D eigenvalue weighted by atomic mass is 9.79. The van der Waals surface area contributed by atoms with Gasteiger partial charge in [0.2, 0.25) is 0 Å². The normalized spacial score (nSPS) is 18.6. The molecule has 82 valence electrons. The molecule has 0 heterocycles. The molecule has 0 saturated heterocycles. The van der Waals surface area contributed by atoms with E-state index in [4.69, 9.17) is 0 Å². The van der Waals surface area contributed by atoms with Crippen molar-refractivity contribution in [2.24, 2.45) is 5.92 Å². The van der Waals surface area contributed by atoms with E-state index >= 15 is 0 Å². The third-order valence-corrected chi connectivity index (χ3v) is 3.43. The maximum absolute atomic E-state index is 12.9. The van der Waals surface area contributed by atoms with Crippen LogP contribution >= 0.6 is 0 Å². The second-order valence-corrected chi connectivity index (χ2v) is 4.53. The first kappa shape index (κ1) is 10.6. The Balaban J connectivity index is 2.03. The lowest BCUT2D eigenvalue weighted by Crippen LogP contribution is -2.28. The number of aliphatic hydroxyl groups is 1. The van der Waals surface area contributed by atoms with Crippen LogP contribution in [-0.2, 0) is 6.42 Å². The van der Waals surface area contributed by atoms with Crippen LogP contribution in [0.15, 0.2) is 18.2 Å². The topological polar surface area (TPSA) is 20.2 Å². The fourth-order valence-electron chi connectivity index (χ4n) is 2.10. The molecule has 1 aromatic carbocycles. The number of rotatable bonds is 3. The van der Waals surface area contributed by atoms with Gasteiger partial charge in [0.05, 0.1) is 6.10 Å². The van der Waals surface area contributed by atoms with Gasteiger partial charge >= 0.3 is 0 Å². The summed E-state index contributed by atoms with van der Waals surface area (Å²) in [5, 5.41) is 9.92. The minimum absolute atomic E-state index is 0.200. The number of hydrogen-bond donors (Lipinski definition) is 1. The molecule has 1 aromatic rings. The average molecular weight is 208 g/mol. The minimum Gasteiger partial charge on any atom is -0.392 e. The van der Waals surface area contributed by atoms with Crippen LogP contribution in [0.4, 0.5) is 4.39 Å². The van der Waals surface area contributed by atoms with E-state index in [2.05, 4.69) is 0 Å². The molecule has 1 saturated carbocycles. The summed E-state index contributed by atoms with van der Waals surface area (Å²) in [6, 6.07) is 4.78. The molecule has 0 aliphatic heterocycles. The zero-order chi connectivity index (χ0) is 10.8. The van der Waals surface area contributed by atoms with Crippen molar-refractivity contribution in [1.82, 2.24) is 0 Å². The monoisotopic (exact) mass is 208 g/mol.